The minimum atomic E-state index is -0.822. The highest BCUT2D eigenvalue weighted by molar-refractivity contribution is 5.87. The van der Waals surface area contributed by atoms with E-state index < -0.39 is 5.97 Å². The monoisotopic (exact) mass is 289 g/mol. The van der Waals surface area contributed by atoms with Crippen LogP contribution in [0.1, 0.15) is 16.7 Å². The first-order chi connectivity index (χ1) is 10.7. The molecule has 0 aliphatic carbocycles. The Bertz CT molecular complexity index is 884. The molecule has 0 spiro atoms. The Morgan fingerprint density at radius 1 is 1.18 bits per heavy atom. The van der Waals surface area contributed by atoms with E-state index in [0.717, 1.165) is 27.6 Å². The number of hydrogen-bond acceptors (Lipinski definition) is 1. The lowest BCUT2D eigenvalue weighted by molar-refractivity contribution is -0.136. The average molecular weight is 289 g/mol. The number of nitrogens with zero attached hydrogens (tertiary/aromatic N) is 1. The van der Waals surface area contributed by atoms with Gasteiger partial charge in [-0.2, -0.15) is 0 Å². The normalized spacial score (nSPS) is 10.5. The Morgan fingerprint density at radius 2 is 2.00 bits per heavy atom. The molecule has 3 heteroatoms. The zero-order valence-electron chi connectivity index (χ0n) is 12.0. The molecule has 3 aromatic rings. The van der Waals surface area contributed by atoms with Crippen molar-refractivity contribution >= 4 is 16.9 Å². The summed E-state index contributed by atoms with van der Waals surface area (Å²) in [5.74, 6) is 1.81. The van der Waals surface area contributed by atoms with Crippen LogP contribution in [0.2, 0.25) is 0 Å². The number of para-hydroxylation sites is 1. The lowest BCUT2D eigenvalue weighted by atomic mass is 10.1. The van der Waals surface area contributed by atoms with Crippen molar-refractivity contribution in [1.29, 1.82) is 0 Å². The molecule has 0 unspecified atom stereocenters. The number of aliphatic carboxylic acids is 1. The first kappa shape index (κ1) is 14.0. The molecule has 0 saturated heterocycles. The number of hydrogen-bond donors (Lipinski definition) is 1. The molecule has 1 aromatic heterocycles. The summed E-state index contributed by atoms with van der Waals surface area (Å²) in [6, 6.07) is 15.7. The fourth-order valence-corrected chi connectivity index (χ4v) is 2.71. The van der Waals surface area contributed by atoms with Gasteiger partial charge in [-0.3, -0.25) is 4.79 Å². The van der Waals surface area contributed by atoms with Crippen molar-refractivity contribution in [1.82, 2.24) is 4.57 Å². The fraction of sp³-hybridized carbons (Fsp3) is 0.105. The van der Waals surface area contributed by atoms with Crippen LogP contribution in [0.15, 0.2) is 54.7 Å². The second-order valence-electron chi connectivity index (χ2n) is 5.21. The molecule has 0 atom stereocenters. The van der Waals surface area contributed by atoms with Crippen molar-refractivity contribution in [2.45, 2.75) is 13.0 Å². The van der Waals surface area contributed by atoms with E-state index in [1.165, 1.54) is 0 Å². The lowest BCUT2D eigenvalue weighted by Gasteiger charge is -2.06. The van der Waals surface area contributed by atoms with E-state index in [1.54, 1.807) is 0 Å². The minimum absolute atomic E-state index is 0.0257. The maximum absolute atomic E-state index is 11.0. The molecule has 22 heavy (non-hydrogen) atoms. The maximum Gasteiger partial charge on any atom is 0.307 e. The van der Waals surface area contributed by atoms with Gasteiger partial charge < -0.3 is 9.67 Å². The zero-order chi connectivity index (χ0) is 15.5. The number of carbonyl (C=O) groups is 1. The molecule has 0 saturated carbocycles. The van der Waals surface area contributed by atoms with Crippen LogP contribution in [0.4, 0.5) is 0 Å². The molecule has 3 rings (SSSR count). The Morgan fingerprint density at radius 3 is 2.77 bits per heavy atom. The van der Waals surface area contributed by atoms with Crippen LogP contribution >= 0.6 is 0 Å². The second kappa shape index (κ2) is 5.79. The predicted molar refractivity (Wildman–Crippen MR) is 86.8 cm³/mol. The molecule has 1 N–H and O–H groups in total. The number of aromatic nitrogens is 1. The largest absolute Gasteiger partial charge is 0.481 e. The van der Waals surface area contributed by atoms with Gasteiger partial charge in [-0.15, -0.1) is 6.42 Å². The van der Waals surface area contributed by atoms with Gasteiger partial charge in [0.05, 0.1) is 6.42 Å². The summed E-state index contributed by atoms with van der Waals surface area (Å²) < 4.78 is 2.07. The van der Waals surface area contributed by atoms with Crippen LogP contribution in [0, 0.1) is 12.3 Å². The molecular weight excluding hydrogens is 274 g/mol. The first-order valence-corrected chi connectivity index (χ1v) is 7.01. The Balaban J connectivity index is 2.03. The number of fused-ring (bicyclic) bond motifs is 1. The van der Waals surface area contributed by atoms with Crippen molar-refractivity contribution in [3.8, 4) is 12.3 Å². The highest BCUT2D eigenvalue weighted by Crippen LogP contribution is 2.23. The van der Waals surface area contributed by atoms with Gasteiger partial charge in [0.2, 0.25) is 0 Å². The summed E-state index contributed by atoms with van der Waals surface area (Å²) in [7, 11) is 0. The van der Waals surface area contributed by atoms with Crippen molar-refractivity contribution in [2.24, 2.45) is 0 Å². The van der Waals surface area contributed by atoms with Crippen molar-refractivity contribution in [3.05, 3.63) is 71.4 Å². The number of benzene rings is 2. The molecule has 3 nitrogen and oxygen atoms in total. The smallest absolute Gasteiger partial charge is 0.307 e. The van der Waals surface area contributed by atoms with Gasteiger partial charge in [0.1, 0.15) is 0 Å². The van der Waals surface area contributed by atoms with E-state index in [-0.39, 0.29) is 6.42 Å². The van der Waals surface area contributed by atoms with E-state index in [4.69, 9.17) is 11.5 Å². The SMILES string of the molecule is C#Cc1cccc(Cn2cc(CC(=O)O)c3ccccc32)c1. The number of carboxylic acids is 1. The fourth-order valence-electron chi connectivity index (χ4n) is 2.71. The van der Waals surface area contributed by atoms with Crippen molar-refractivity contribution in [2.75, 3.05) is 0 Å². The molecule has 0 radical (unpaired) electrons. The van der Waals surface area contributed by atoms with Crippen LogP contribution in [0.3, 0.4) is 0 Å². The Labute approximate surface area is 128 Å². The van der Waals surface area contributed by atoms with Gasteiger partial charge >= 0.3 is 5.97 Å². The van der Waals surface area contributed by atoms with E-state index >= 15 is 0 Å². The van der Waals surface area contributed by atoms with Crippen LogP contribution in [-0.4, -0.2) is 15.6 Å². The van der Waals surface area contributed by atoms with E-state index in [9.17, 15) is 4.79 Å². The molecule has 0 aliphatic heterocycles. The standard InChI is InChI=1S/C19H15NO2/c1-2-14-6-5-7-15(10-14)12-20-13-16(11-19(21)22)17-8-3-4-9-18(17)20/h1,3-10,13H,11-12H2,(H,21,22). The van der Waals surface area contributed by atoms with Crippen LogP contribution in [0.5, 0.6) is 0 Å². The van der Waals surface area contributed by atoms with Gasteiger partial charge in [-0.1, -0.05) is 36.3 Å². The minimum Gasteiger partial charge on any atom is -0.481 e. The third-order valence-electron chi connectivity index (χ3n) is 3.66. The topological polar surface area (TPSA) is 42.2 Å². The summed E-state index contributed by atoms with van der Waals surface area (Å²) in [5.41, 5.74) is 3.80. The quantitative estimate of drug-likeness (QED) is 0.749. The number of carboxylic acid groups (broad SMARTS) is 1. The summed E-state index contributed by atoms with van der Waals surface area (Å²) in [6.07, 6.45) is 7.38. The first-order valence-electron chi connectivity index (χ1n) is 7.01. The highest BCUT2D eigenvalue weighted by atomic mass is 16.4. The molecule has 1 heterocycles. The number of rotatable bonds is 4. The van der Waals surface area contributed by atoms with E-state index in [2.05, 4.69) is 10.5 Å². The van der Waals surface area contributed by atoms with Crippen LogP contribution in [-0.2, 0) is 17.8 Å². The molecule has 108 valence electrons. The third-order valence-corrected chi connectivity index (χ3v) is 3.66. The molecule has 0 amide bonds. The Kier molecular flexibility index (Phi) is 3.67. The highest BCUT2D eigenvalue weighted by Gasteiger charge is 2.11. The molecule has 2 aromatic carbocycles. The van der Waals surface area contributed by atoms with Crippen LogP contribution in [0.25, 0.3) is 10.9 Å². The van der Waals surface area contributed by atoms with Gasteiger partial charge in [-0.25, -0.2) is 0 Å². The van der Waals surface area contributed by atoms with E-state index in [0.29, 0.717) is 6.54 Å². The van der Waals surface area contributed by atoms with Gasteiger partial charge in [0.15, 0.2) is 0 Å². The van der Waals surface area contributed by atoms with Crippen molar-refractivity contribution < 1.29 is 9.90 Å². The predicted octanol–water partition coefficient (Wildman–Crippen LogP) is 3.30. The average Bonchev–Trinajstić information content (AvgIpc) is 2.85. The van der Waals surface area contributed by atoms with Gasteiger partial charge in [0, 0.05) is 29.2 Å². The van der Waals surface area contributed by atoms with Crippen molar-refractivity contribution in [3.63, 3.8) is 0 Å². The summed E-state index contributed by atoms with van der Waals surface area (Å²) >= 11 is 0. The molecule has 0 aliphatic rings. The molecule has 0 fully saturated rings. The van der Waals surface area contributed by atoms with Gasteiger partial charge in [-0.05, 0) is 29.3 Å². The molecular formula is C19H15NO2. The summed E-state index contributed by atoms with van der Waals surface area (Å²) in [5, 5.41) is 10.0. The van der Waals surface area contributed by atoms with Crippen LogP contribution < -0.4 is 0 Å². The summed E-state index contributed by atoms with van der Waals surface area (Å²) in [6.45, 7) is 0.662. The number of terminal acetylenes is 1. The maximum atomic E-state index is 11.0. The Hall–Kier alpha value is -2.99. The lowest BCUT2D eigenvalue weighted by Crippen LogP contribution is -2.00. The van der Waals surface area contributed by atoms with Gasteiger partial charge in [0.25, 0.3) is 0 Å². The molecule has 0 bridgehead atoms. The second-order valence-corrected chi connectivity index (χ2v) is 5.21. The third kappa shape index (κ3) is 2.72. The zero-order valence-corrected chi connectivity index (χ0v) is 12.0. The summed E-state index contributed by atoms with van der Waals surface area (Å²) in [4.78, 5) is 11.0. The van der Waals surface area contributed by atoms with E-state index in [1.807, 2.05) is 54.7 Å².